The van der Waals surface area contributed by atoms with Crippen LogP contribution in [0.2, 0.25) is 5.02 Å². The zero-order valence-electron chi connectivity index (χ0n) is 14.9. The molecule has 26 heavy (non-hydrogen) atoms. The van der Waals surface area contributed by atoms with Crippen molar-refractivity contribution in [1.82, 2.24) is 4.98 Å². The molecule has 140 valence electrons. The van der Waals surface area contributed by atoms with Crippen molar-refractivity contribution < 1.29 is 8.42 Å². The minimum absolute atomic E-state index is 0.103. The Morgan fingerprint density at radius 3 is 2.42 bits per heavy atom. The Balaban J connectivity index is 1.63. The summed E-state index contributed by atoms with van der Waals surface area (Å²) in [6.07, 6.45) is 7.79. The zero-order valence-corrected chi connectivity index (χ0v) is 16.4. The molecule has 2 aromatic rings. The third-order valence-electron chi connectivity index (χ3n) is 4.77. The third-order valence-corrected chi connectivity index (χ3v) is 6.29. The van der Waals surface area contributed by atoms with Crippen LogP contribution < -0.4 is 9.62 Å². The number of hydrogen-bond acceptors (Lipinski definition) is 4. The summed E-state index contributed by atoms with van der Waals surface area (Å²) in [5.74, 6) is 0.769. The van der Waals surface area contributed by atoms with Gasteiger partial charge in [0, 0.05) is 18.1 Å². The lowest BCUT2D eigenvalue weighted by molar-refractivity contribution is 0.426. The minimum Gasteiger partial charge on any atom is -0.357 e. The molecule has 0 radical (unpaired) electrons. The van der Waals surface area contributed by atoms with E-state index in [1.807, 2.05) is 6.07 Å². The van der Waals surface area contributed by atoms with Gasteiger partial charge >= 0.3 is 0 Å². The lowest BCUT2D eigenvalue weighted by Crippen LogP contribution is -2.33. The summed E-state index contributed by atoms with van der Waals surface area (Å²) in [5.41, 5.74) is 1.16. The minimum atomic E-state index is -3.50. The van der Waals surface area contributed by atoms with E-state index in [-0.39, 0.29) is 5.75 Å². The van der Waals surface area contributed by atoms with Crippen LogP contribution in [0.15, 0.2) is 42.6 Å². The van der Waals surface area contributed by atoms with Gasteiger partial charge in [0.05, 0.1) is 17.6 Å². The molecule has 5 nitrogen and oxygen atoms in total. The monoisotopic (exact) mass is 393 g/mol. The van der Waals surface area contributed by atoms with Crippen LogP contribution in [0, 0.1) is 0 Å². The second-order valence-electron chi connectivity index (χ2n) is 6.80. The van der Waals surface area contributed by atoms with Gasteiger partial charge in [0.2, 0.25) is 10.0 Å². The summed E-state index contributed by atoms with van der Waals surface area (Å²) < 4.78 is 27.3. The van der Waals surface area contributed by atoms with Crippen molar-refractivity contribution in [2.75, 3.05) is 16.7 Å². The van der Waals surface area contributed by atoms with E-state index >= 15 is 0 Å². The molecule has 0 unspecified atom stereocenters. The van der Waals surface area contributed by atoms with E-state index in [0.717, 1.165) is 5.82 Å². The van der Waals surface area contributed by atoms with Gasteiger partial charge in [0.1, 0.15) is 5.82 Å². The van der Waals surface area contributed by atoms with E-state index in [4.69, 9.17) is 11.6 Å². The second kappa shape index (κ2) is 8.27. The van der Waals surface area contributed by atoms with Crippen LogP contribution in [-0.2, 0) is 15.8 Å². The summed E-state index contributed by atoms with van der Waals surface area (Å²) in [5, 5.41) is 0.584. The van der Waals surface area contributed by atoms with Crippen LogP contribution in [0.5, 0.6) is 0 Å². The lowest BCUT2D eigenvalue weighted by atomic mass is 9.94. The van der Waals surface area contributed by atoms with Crippen molar-refractivity contribution in [3.63, 3.8) is 0 Å². The number of nitrogens with one attached hydrogen (secondary N) is 1. The van der Waals surface area contributed by atoms with Crippen LogP contribution in [0.3, 0.4) is 0 Å². The number of rotatable bonds is 6. The molecule has 1 saturated carbocycles. The molecular weight excluding hydrogens is 370 g/mol. The largest absolute Gasteiger partial charge is 0.357 e. The standard InChI is InChI=1S/C19H24ClN3O2S/c1-23(18-5-3-2-4-6-18)19-12-11-17(13-21-19)22-26(24,25)14-15-7-9-16(20)10-8-15/h7-13,18,22H,2-6,14H2,1H3. The van der Waals surface area contributed by atoms with Gasteiger partial charge in [-0.1, -0.05) is 43.0 Å². The summed E-state index contributed by atoms with van der Waals surface area (Å²) in [7, 11) is -1.44. The van der Waals surface area contributed by atoms with E-state index in [0.29, 0.717) is 22.3 Å². The number of sulfonamides is 1. The van der Waals surface area contributed by atoms with E-state index in [9.17, 15) is 8.42 Å². The highest BCUT2D eigenvalue weighted by molar-refractivity contribution is 7.91. The molecule has 7 heteroatoms. The summed E-state index contributed by atoms with van der Waals surface area (Å²) in [6, 6.07) is 10.9. The maximum atomic E-state index is 12.3. The fourth-order valence-corrected chi connectivity index (χ4v) is 4.64. The molecule has 0 bridgehead atoms. The second-order valence-corrected chi connectivity index (χ2v) is 8.95. The Bertz CT molecular complexity index is 817. The summed E-state index contributed by atoms with van der Waals surface area (Å²) in [4.78, 5) is 6.64. The molecule has 1 aromatic heterocycles. The van der Waals surface area contributed by atoms with Gasteiger partial charge in [-0.2, -0.15) is 0 Å². The number of aromatic nitrogens is 1. The summed E-state index contributed by atoms with van der Waals surface area (Å²) in [6.45, 7) is 0. The molecule has 1 heterocycles. The van der Waals surface area contributed by atoms with Gasteiger partial charge in [-0.25, -0.2) is 13.4 Å². The van der Waals surface area contributed by atoms with Crippen LogP contribution in [0.4, 0.5) is 11.5 Å². The first kappa shape index (κ1) is 19.0. The maximum Gasteiger partial charge on any atom is 0.236 e. The van der Waals surface area contributed by atoms with E-state index < -0.39 is 10.0 Å². The molecule has 0 spiro atoms. The normalized spacial score (nSPS) is 15.6. The van der Waals surface area contributed by atoms with Gasteiger partial charge in [-0.3, -0.25) is 4.72 Å². The molecule has 1 aliphatic carbocycles. The van der Waals surface area contributed by atoms with E-state index in [1.54, 1.807) is 36.5 Å². The Morgan fingerprint density at radius 2 is 1.81 bits per heavy atom. The molecule has 1 N–H and O–H groups in total. The van der Waals surface area contributed by atoms with Crippen LogP contribution in [0.25, 0.3) is 0 Å². The van der Waals surface area contributed by atoms with Crippen molar-refractivity contribution in [2.24, 2.45) is 0 Å². The van der Waals surface area contributed by atoms with Gasteiger partial charge in [0.15, 0.2) is 0 Å². The number of benzene rings is 1. The van der Waals surface area contributed by atoms with Gasteiger partial charge < -0.3 is 4.90 Å². The SMILES string of the molecule is CN(c1ccc(NS(=O)(=O)Cc2ccc(Cl)cc2)cn1)C1CCCCC1. The third kappa shape index (κ3) is 5.11. The number of pyridine rings is 1. The van der Waals surface area contributed by atoms with Gasteiger partial charge in [0.25, 0.3) is 0 Å². The first-order valence-electron chi connectivity index (χ1n) is 8.87. The smallest absolute Gasteiger partial charge is 0.236 e. The van der Waals surface area contributed by atoms with E-state index in [1.165, 1.54) is 32.1 Å². The van der Waals surface area contributed by atoms with Gasteiger partial charge in [-0.15, -0.1) is 0 Å². The molecule has 0 atom stereocenters. The summed E-state index contributed by atoms with van der Waals surface area (Å²) >= 11 is 5.83. The maximum absolute atomic E-state index is 12.3. The van der Waals surface area contributed by atoms with Crippen molar-refractivity contribution in [3.8, 4) is 0 Å². The molecule has 1 fully saturated rings. The Hall–Kier alpha value is -1.79. The van der Waals surface area contributed by atoms with Crippen molar-refractivity contribution >= 4 is 33.1 Å². The lowest BCUT2D eigenvalue weighted by Gasteiger charge is -2.32. The van der Waals surface area contributed by atoms with Crippen LogP contribution >= 0.6 is 11.6 Å². The Morgan fingerprint density at radius 1 is 1.12 bits per heavy atom. The first-order chi connectivity index (χ1) is 12.4. The number of hydrogen-bond donors (Lipinski definition) is 1. The Kier molecular flexibility index (Phi) is 6.04. The molecule has 1 aliphatic rings. The fourth-order valence-electron chi connectivity index (χ4n) is 3.33. The molecule has 1 aromatic carbocycles. The number of halogens is 1. The molecular formula is C19H24ClN3O2S. The quantitative estimate of drug-likeness (QED) is 0.787. The first-order valence-corrected chi connectivity index (χ1v) is 10.9. The van der Waals surface area contributed by atoms with Crippen LogP contribution in [-0.4, -0.2) is 26.5 Å². The highest BCUT2D eigenvalue weighted by Gasteiger charge is 2.19. The van der Waals surface area contributed by atoms with E-state index in [2.05, 4.69) is 21.7 Å². The highest BCUT2D eigenvalue weighted by Crippen LogP contribution is 2.25. The highest BCUT2D eigenvalue weighted by atomic mass is 35.5. The average molecular weight is 394 g/mol. The zero-order chi connectivity index (χ0) is 18.6. The Labute approximate surface area is 160 Å². The predicted octanol–water partition coefficient (Wildman–Crippen LogP) is 4.45. The van der Waals surface area contributed by atoms with Crippen molar-refractivity contribution in [2.45, 2.75) is 43.9 Å². The topological polar surface area (TPSA) is 62.3 Å². The fraction of sp³-hybridized carbons (Fsp3) is 0.421. The van der Waals surface area contributed by atoms with Crippen molar-refractivity contribution in [3.05, 3.63) is 53.2 Å². The average Bonchev–Trinajstić information content (AvgIpc) is 2.64. The molecule has 3 rings (SSSR count). The van der Waals surface area contributed by atoms with Gasteiger partial charge in [-0.05, 0) is 42.7 Å². The molecule has 0 aliphatic heterocycles. The molecule has 0 saturated heterocycles. The van der Waals surface area contributed by atoms with Crippen LogP contribution in [0.1, 0.15) is 37.7 Å². The predicted molar refractivity (Wildman–Crippen MR) is 107 cm³/mol. The molecule has 0 amide bonds. The van der Waals surface area contributed by atoms with Crippen molar-refractivity contribution in [1.29, 1.82) is 0 Å². The number of nitrogens with zero attached hydrogens (tertiary/aromatic N) is 2. The number of anilines is 2.